The van der Waals surface area contributed by atoms with E-state index in [-0.39, 0.29) is 22.5 Å². The van der Waals surface area contributed by atoms with Crippen molar-refractivity contribution in [3.63, 3.8) is 0 Å². The predicted molar refractivity (Wildman–Crippen MR) is 116 cm³/mol. The number of carboxylic acid groups (broad SMARTS) is 1. The van der Waals surface area contributed by atoms with Gasteiger partial charge in [-0.3, -0.25) is 19.7 Å². The van der Waals surface area contributed by atoms with Gasteiger partial charge in [-0.15, -0.1) is 0 Å². The maximum atomic E-state index is 12.8. The average Bonchev–Trinajstić information content (AvgIpc) is 2.76. The molecule has 10 heteroatoms. The summed E-state index contributed by atoms with van der Waals surface area (Å²) < 4.78 is 5.05. The minimum atomic E-state index is -1.23. The summed E-state index contributed by atoms with van der Waals surface area (Å²) in [5, 5.41) is 25.2. The van der Waals surface area contributed by atoms with Gasteiger partial charge in [0.1, 0.15) is 17.5 Å². The molecule has 0 saturated heterocycles. The molecule has 0 fully saturated rings. The molecule has 0 aliphatic carbocycles. The number of methoxy groups -OCH3 is 1. The Kier molecular flexibility index (Phi) is 8.05. The number of carbonyl (C=O) groups is 3. The standard InChI is InChI=1S/C22H23N3O7/c1-13(2)19(22(28)29)24-21(27)18(12-14-5-4-6-16(11-14)25(30)31)23-20(26)15-7-9-17(32-3)10-8-15/h4-13,19H,1-3H3,(H,23,26)(H,24,27)(H,28,29)/b18-12-/t19-/m1/s1. The molecule has 0 aliphatic heterocycles. The second-order valence-electron chi connectivity index (χ2n) is 7.13. The topological polar surface area (TPSA) is 148 Å². The van der Waals surface area contributed by atoms with Crippen LogP contribution in [0.1, 0.15) is 29.8 Å². The number of hydrogen-bond acceptors (Lipinski definition) is 6. The Morgan fingerprint density at radius 1 is 1.12 bits per heavy atom. The highest BCUT2D eigenvalue weighted by molar-refractivity contribution is 6.06. The average molecular weight is 441 g/mol. The molecule has 2 aromatic rings. The van der Waals surface area contributed by atoms with Crippen LogP contribution in [-0.4, -0.2) is 41.0 Å². The van der Waals surface area contributed by atoms with E-state index in [2.05, 4.69) is 10.6 Å². The summed E-state index contributed by atoms with van der Waals surface area (Å²) in [6, 6.07) is 10.4. The van der Waals surface area contributed by atoms with E-state index in [1.807, 2.05) is 0 Å². The van der Waals surface area contributed by atoms with Gasteiger partial charge in [0, 0.05) is 17.7 Å². The molecule has 32 heavy (non-hydrogen) atoms. The number of aliphatic carboxylic acids is 1. The Bertz CT molecular complexity index is 1050. The normalized spacial score (nSPS) is 12.1. The molecular formula is C22H23N3O7. The van der Waals surface area contributed by atoms with E-state index in [9.17, 15) is 29.6 Å². The van der Waals surface area contributed by atoms with Gasteiger partial charge in [-0.2, -0.15) is 0 Å². The quantitative estimate of drug-likeness (QED) is 0.308. The molecule has 0 heterocycles. The van der Waals surface area contributed by atoms with Crippen molar-refractivity contribution in [3.05, 3.63) is 75.5 Å². The smallest absolute Gasteiger partial charge is 0.326 e. The molecule has 10 nitrogen and oxygen atoms in total. The van der Waals surface area contributed by atoms with E-state index in [0.29, 0.717) is 5.75 Å². The van der Waals surface area contributed by atoms with Gasteiger partial charge >= 0.3 is 5.97 Å². The van der Waals surface area contributed by atoms with E-state index >= 15 is 0 Å². The lowest BCUT2D eigenvalue weighted by molar-refractivity contribution is -0.384. The molecule has 0 radical (unpaired) electrons. The lowest BCUT2D eigenvalue weighted by Gasteiger charge is -2.19. The van der Waals surface area contributed by atoms with Gasteiger partial charge in [-0.05, 0) is 41.8 Å². The first-order valence-electron chi connectivity index (χ1n) is 9.57. The van der Waals surface area contributed by atoms with E-state index in [1.54, 1.807) is 26.0 Å². The number of carboxylic acids is 1. The van der Waals surface area contributed by atoms with Crippen LogP contribution >= 0.6 is 0 Å². The minimum Gasteiger partial charge on any atom is -0.497 e. The zero-order chi connectivity index (χ0) is 23.8. The van der Waals surface area contributed by atoms with Crippen LogP contribution in [0.5, 0.6) is 5.75 Å². The summed E-state index contributed by atoms with van der Waals surface area (Å²) in [4.78, 5) is 47.4. The summed E-state index contributed by atoms with van der Waals surface area (Å²) in [6.07, 6.45) is 1.24. The Labute approximate surface area is 184 Å². The van der Waals surface area contributed by atoms with Crippen LogP contribution < -0.4 is 15.4 Å². The number of nitrogens with zero attached hydrogens (tertiary/aromatic N) is 1. The number of hydrogen-bond donors (Lipinski definition) is 3. The van der Waals surface area contributed by atoms with Crippen LogP contribution in [0.2, 0.25) is 0 Å². The molecule has 0 bridgehead atoms. The van der Waals surface area contributed by atoms with Crippen LogP contribution in [0.3, 0.4) is 0 Å². The van der Waals surface area contributed by atoms with Crippen LogP contribution in [0.15, 0.2) is 54.2 Å². The fourth-order valence-corrected chi connectivity index (χ4v) is 2.72. The third-order valence-corrected chi connectivity index (χ3v) is 4.46. The third kappa shape index (κ3) is 6.39. The van der Waals surface area contributed by atoms with E-state index < -0.39 is 34.7 Å². The zero-order valence-corrected chi connectivity index (χ0v) is 17.7. The van der Waals surface area contributed by atoms with E-state index in [4.69, 9.17) is 4.74 Å². The van der Waals surface area contributed by atoms with E-state index in [0.717, 1.165) is 0 Å². The predicted octanol–water partition coefficient (Wildman–Crippen LogP) is 2.60. The SMILES string of the molecule is COc1ccc(C(=O)N/C(=C\c2cccc([N+](=O)[O-])c2)C(=O)N[C@@H](C(=O)O)C(C)C)cc1. The Balaban J connectivity index is 2.40. The van der Waals surface area contributed by atoms with Gasteiger partial charge in [-0.25, -0.2) is 4.79 Å². The molecular weight excluding hydrogens is 418 g/mol. The first-order valence-corrected chi connectivity index (χ1v) is 9.57. The van der Waals surface area contributed by atoms with Gasteiger partial charge in [0.25, 0.3) is 17.5 Å². The highest BCUT2D eigenvalue weighted by Crippen LogP contribution is 2.17. The number of nitro benzene ring substituents is 1. The van der Waals surface area contributed by atoms with Gasteiger partial charge in [0.05, 0.1) is 12.0 Å². The number of carbonyl (C=O) groups excluding carboxylic acids is 2. The summed E-state index contributed by atoms with van der Waals surface area (Å²) >= 11 is 0. The molecule has 1 atom stereocenters. The van der Waals surface area contributed by atoms with Crippen LogP contribution in [0, 0.1) is 16.0 Å². The summed E-state index contributed by atoms with van der Waals surface area (Å²) in [5.41, 5.74) is 0.0294. The Morgan fingerprint density at radius 3 is 2.31 bits per heavy atom. The Morgan fingerprint density at radius 2 is 1.78 bits per heavy atom. The molecule has 0 aliphatic rings. The molecule has 3 N–H and O–H groups in total. The fourth-order valence-electron chi connectivity index (χ4n) is 2.72. The number of nitrogens with one attached hydrogen (secondary N) is 2. The second-order valence-corrected chi connectivity index (χ2v) is 7.13. The molecule has 2 aromatic carbocycles. The Hall–Kier alpha value is -4.21. The van der Waals surface area contributed by atoms with Crippen LogP contribution in [0.25, 0.3) is 6.08 Å². The molecule has 0 unspecified atom stereocenters. The van der Waals surface area contributed by atoms with Crippen molar-refractivity contribution in [2.24, 2.45) is 5.92 Å². The molecule has 0 spiro atoms. The van der Waals surface area contributed by atoms with Gasteiger partial charge in [0.2, 0.25) is 0 Å². The van der Waals surface area contributed by atoms with Crippen molar-refractivity contribution in [1.29, 1.82) is 0 Å². The van der Waals surface area contributed by atoms with Crippen molar-refractivity contribution < 1.29 is 29.2 Å². The first kappa shape index (κ1) is 24.1. The number of ether oxygens (including phenoxy) is 1. The lowest BCUT2D eigenvalue weighted by atomic mass is 10.0. The number of non-ortho nitro benzene ring substituents is 1. The monoisotopic (exact) mass is 441 g/mol. The third-order valence-electron chi connectivity index (χ3n) is 4.46. The minimum absolute atomic E-state index is 0.203. The van der Waals surface area contributed by atoms with Crippen molar-refractivity contribution in [2.75, 3.05) is 7.11 Å². The molecule has 0 saturated carbocycles. The molecule has 2 rings (SSSR count). The second kappa shape index (κ2) is 10.7. The maximum Gasteiger partial charge on any atom is 0.326 e. The van der Waals surface area contributed by atoms with Crippen LogP contribution in [0.4, 0.5) is 5.69 Å². The summed E-state index contributed by atoms with van der Waals surface area (Å²) in [7, 11) is 1.48. The largest absolute Gasteiger partial charge is 0.497 e. The lowest BCUT2D eigenvalue weighted by Crippen LogP contribution is -2.47. The number of rotatable bonds is 9. The van der Waals surface area contributed by atoms with Gasteiger partial charge < -0.3 is 20.5 Å². The number of amides is 2. The molecule has 2 amide bonds. The highest BCUT2D eigenvalue weighted by atomic mass is 16.6. The van der Waals surface area contributed by atoms with Crippen molar-refractivity contribution in [1.82, 2.24) is 10.6 Å². The van der Waals surface area contributed by atoms with Crippen molar-refractivity contribution in [3.8, 4) is 5.75 Å². The van der Waals surface area contributed by atoms with Crippen LogP contribution in [-0.2, 0) is 9.59 Å². The molecule has 0 aromatic heterocycles. The maximum absolute atomic E-state index is 12.8. The first-order chi connectivity index (χ1) is 15.1. The number of benzene rings is 2. The zero-order valence-electron chi connectivity index (χ0n) is 17.7. The highest BCUT2D eigenvalue weighted by Gasteiger charge is 2.26. The fraction of sp³-hybridized carbons (Fsp3) is 0.227. The van der Waals surface area contributed by atoms with Gasteiger partial charge in [0.15, 0.2) is 0 Å². The summed E-state index contributed by atoms with van der Waals surface area (Å²) in [5.74, 6) is -2.60. The van der Waals surface area contributed by atoms with Crippen molar-refractivity contribution >= 4 is 29.5 Å². The molecule has 168 valence electrons. The number of nitro groups is 1. The van der Waals surface area contributed by atoms with E-state index in [1.165, 1.54) is 49.6 Å². The summed E-state index contributed by atoms with van der Waals surface area (Å²) in [6.45, 7) is 3.25. The van der Waals surface area contributed by atoms with Crippen molar-refractivity contribution in [2.45, 2.75) is 19.9 Å². The van der Waals surface area contributed by atoms with Gasteiger partial charge in [-0.1, -0.05) is 26.0 Å².